The van der Waals surface area contributed by atoms with E-state index in [2.05, 4.69) is 66.2 Å². The molecule has 4 aromatic rings. The summed E-state index contributed by atoms with van der Waals surface area (Å²) in [5.74, 6) is 1.82. The van der Waals surface area contributed by atoms with Crippen molar-refractivity contribution in [2.24, 2.45) is 4.99 Å². The number of aryl methyl sites for hydroxylation is 2. The number of aromatic nitrogens is 5. The lowest BCUT2D eigenvalue weighted by Gasteiger charge is -2.27. The number of halogens is 1. The second-order valence-electron chi connectivity index (χ2n) is 12.0. The molecule has 2 aromatic carbocycles. The summed E-state index contributed by atoms with van der Waals surface area (Å²) in [5, 5.41) is 17.9. The predicted octanol–water partition coefficient (Wildman–Crippen LogP) is 5.79. The van der Waals surface area contributed by atoms with E-state index in [4.69, 9.17) is 21.7 Å². The molecule has 2 aliphatic heterocycles. The minimum atomic E-state index is -0.314. The van der Waals surface area contributed by atoms with Crippen LogP contribution in [-0.2, 0) is 12.1 Å². The summed E-state index contributed by atoms with van der Waals surface area (Å²) >= 11 is 6.26. The van der Waals surface area contributed by atoms with Gasteiger partial charge in [-0.3, -0.25) is 14.2 Å². The van der Waals surface area contributed by atoms with Gasteiger partial charge in [-0.1, -0.05) is 49.1 Å². The first kappa shape index (κ1) is 27.5. The zero-order chi connectivity index (χ0) is 28.5. The fourth-order valence-corrected chi connectivity index (χ4v) is 6.49. The molecule has 3 aliphatic rings. The van der Waals surface area contributed by atoms with Crippen LogP contribution in [0, 0.1) is 6.92 Å². The van der Waals surface area contributed by atoms with E-state index in [-0.39, 0.29) is 5.54 Å². The van der Waals surface area contributed by atoms with Crippen molar-refractivity contribution in [1.82, 2.24) is 34.8 Å². The van der Waals surface area contributed by atoms with Gasteiger partial charge < -0.3 is 10.2 Å². The fourth-order valence-electron chi connectivity index (χ4n) is 6.37. The molecule has 9 heteroatoms. The Kier molecular flexibility index (Phi) is 7.69. The lowest BCUT2D eigenvalue weighted by Crippen LogP contribution is -2.43. The van der Waals surface area contributed by atoms with Gasteiger partial charge in [-0.25, -0.2) is 0 Å². The number of benzene rings is 2. The van der Waals surface area contributed by atoms with Crippen LogP contribution in [0.4, 0.5) is 0 Å². The van der Waals surface area contributed by atoms with Crippen molar-refractivity contribution < 1.29 is 0 Å². The van der Waals surface area contributed by atoms with Gasteiger partial charge in [-0.2, -0.15) is 5.10 Å². The van der Waals surface area contributed by atoms with Crippen LogP contribution < -0.4 is 5.32 Å². The Hall–Kier alpha value is -3.33. The second-order valence-corrected chi connectivity index (χ2v) is 12.4. The van der Waals surface area contributed by atoms with E-state index in [9.17, 15) is 0 Å². The van der Waals surface area contributed by atoms with Gasteiger partial charge in [-0.05, 0) is 69.0 Å². The van der Waals surface area contributed by atoms with Crippen molar-refractivity contribution in [2.75, 3.05) is 32.7 Å². The maximum absolute atomic E-state index is 6.26. The van der Waals surface area contributed by atoms with Gasteiger partial charge in [0.25, 0.3) is 0 Å². The molecular weight excluding hydrogens is 544 g/mol. The number of rotatable bonds is 10. The van der Waals surface area contributed by atoms with Crippen molar-refractivity contribution >= 4 is 17.3 Å². The smallest absolute Gasteiger partial charge is 0.165 e. The quantitative estimate of drug-likeness (QED) is 0.240. The standard InChI is InChI=1S/C33H39ClN8/c1-24-38-39-32-33(13-14-33)37-31(25-7-10-28(34)11-8-25)29-21-26(9-12-30(29)42(24)32)27-22-36-41(23-27)18-6-4-2-3-5-17-40-19-15-35-16-20-40/h7-12,21-23,35H,2-6,13-20H2,1H3. The number of aliphatic imine (C=N–C) groups is 1. The minimum absolute atomic E-state index is 0.314. The average Bonchev–Trinajstić information content (AvgIpc) is 3.49. The largest absolute Gasteiger partial charge is 0.314 e. The minimum Gasteiger partial charge on any atom is -0.314 e. The Balaban J connectivity index is 1.07. The van der Waals surface area contributed by atoms with E-state index in [1.807, 2.05) is 25.3 Å². The van der Waals surface area contributed by atoms with E-state index in [1.54, 1.807) is 0 Å². The highest BCUT2D eigenvalue weighted by molar-refractivity contribution is 6.30. The maximum Gasteiger partial charge on any atom is 0.165 e. The van der Waals surface area contributed by atoms with Crippen LogP contribution in [-0.4, -0.2) is 67.9 Å². The highest BCUT2D eigenvalue weighted by atomic mass is 35.5. The molecule has 2 fully saturated rings. The molecule has 42 heavy (non-hydrogen) atoms. The number of piperazine rings is 1. The molecule has 1 saturated carbocycles. The van der Waals surface area contributed by atoms with Gasteiger partial charge in [0.05, 0.1) is 17.6 Å². The van der Waals surface area contributed by atoms with Gasteiger partial charge in [0.2, 0.25) is 0 Å². The molecule has 0 unspecified atom stereocenters. The molecule has 7 rings (SSSR count). The normalized spacial score (nSPS) is 17.5. The number of hydrogen-bond acceptors (Lipinski definition) is 6. The zero-order valence-corrected chi connectivity index (χ0v) is 25.2. The van der Waals surface area contributed by atoms with Gasteiger partial charge in [-0.15, -0.1) is 10.2 Å². The lowest BCUT2D eigenvalue weighted by molar-refractivity contribution is 0.236. The third kappa shape index (κ3) is 5.55. The fraction of sp³-hybridized carbons (Fsp3) is 0.455. The van der Waals surface area contributed by atoms with Crippen LogP contribution in [0.25, 0.3) is 16.8 Å². The zero-order valence-electron chi connectivity index (χ0n) is 24.4. The summed E-state index contributed by atoms with van der Waals surface area (Å²) in [7, 11) is 0. The van der Waals surface area contributed by atoms with Crippen LogP contribution in [0.1, 0.15) is 67.7 Å². The van der Waals surface area contributed by atoms with Gasteiger partial charge in [0, 0.05) is 60.6 Å². The number of nitrogens with one attached hydrogen (secondary N) is 1. The summed E-state index contributed by atoms with van der Waals surface area (Å²) < 4.78 is 4.29. The van der Waals surface area contributed by atoms with E-state index in [1.165, 1.54) is 45.3 Å². The highest BCUT2D eigenvalue weighted by Gasteiger charge is 2.51. The molecular formula is C33H39ClN8. The summed E-state index contributed by atoms with van der Waals surface area (Å²) in [6.07, 6.45) is 12.5. The number of fused-ring (bicyclic) bond motifs is 4. The van der Waals surface area contributed by atoms with Crippen LogP contribution in [0.3, 0.4) is 0 Å². The Bertz CT molecular complexity index is 1570. The van der Waals surface area contributed by atoms with E-state index in [0.717, 1.165) is 89.2 Å². The third-order valence-corrected chi connectivity index (χ3v) is 9.19. The van der Waals surface area contributed by atoms with E-state index in [0.29, 0.717) is 0 Å². The Labute approximate surface area is 252 Å². The van der Waals surface area contributed by atoms with Crippen LogP contribution in [0.2, 0.25) is 5.02 Å². The molecule has 0 amide bonds. The first-order chi connectivity index (χ1) is 20.6. The van der Waals surface area contributed by atoms with Gasteiger partial charge >= 0.3 is 0 Å². The summed E-state index contributed by atoms with van der Waals surface area (Å²) in [5.41, 5.74) is 6.13. The van der Waals surface area contributed by atoms with Crippen LogP contribution in [0.15, 0.2) is 59.9 Å². The summed E-state index contributed by atoms with van der Waals surface area (Å²) in [4.78, 5) is 7.96. The SMILES string of the molecule is Cc1nnc2n1-c1ccc(-c3cnn(CCCCCCCN4CCNCC4)c3)cc1C(c1ccc(Cl)cc1)=NC21CC1. The number of unbranched alkanes of at least 4 members (excludes halogenated alkanes) is 4. The molecule has 1 N–H and O–H groups in total. The molecule has 0 bridgehead atoms. The first-order valence-electron chi connectivity index (χ1n) is 15.5. The second kappa shape index (κ2) is 11.7. The molecule has 2 aromatic heterocycles. The van der Waals surface area contributed by atoms with Gasteiger partial charge in [0.1, 0.15) is 11.4 Å². The molecule has 1 aliphatic carbocycles. The van der Waals surface area contributed by atoms with Crippen molar-refractivity contribution in [3.63, 3.8) is 0 Å². The monoisotopic (exact) mass is 582 g/mol. The lowest BCUT2D eigenvalue weighted by atomic mass is 9.96. The Morgan fingerprint density at radius 1 is 0.857 bits per heavy atom. The first-order valence-corrected chi connectivity index (χ1v) is 15.9. The van der Waals surface area contributed by atoms with Crippen molar-refractivity contribution in [2.45, 2.75) is 64.0 Å². The third-order valence-electron chi connectivity index (χ3n) is 8.94. The maximum atomic E-state index is 6.26. The molecule has 8 nitrogen and oxygen atoms in total. The van der Waals surface area contributed by atoms with Crippen molar-refractivity contribution in [3.05, 3.63) is 82.7 Å². The van der Waals surface area contributed by atoms with E-state index >= 15 is 0 Å². The van der Waals surface area contributed by atoms with Crippen LogP contribution in [0.5, 0.6) is 0 Å². The molecule has 4 heterocycles. The van der Waals surface area contributed by atoms with Crippen molar-refractivity contribution in [3.8, 4) is 16.8 Å². The Morgan fingerprint density at radius 3 is 2.38 bits per heavy atom. The molecule has 0 atom stereocenters. The van der Waals surface area contributed by atoms with E-state index < -0.39 is 0 Å². The van der Waals surface area contributed by atoms with Gasteiger partial charge in [0.15, 0.2) is 5.82 Å². The summed E-state index contributed by atoms with van der Waals surface area (Å²) in [6, 6.07) is 14.6. The predicted molar refractivity (Wildman–Crippen MR) is 168 cm³/mol. The topological polar surface area (TPSA) is 76.2 Å². The number of hydrogen-bond donors (Lipinski definition) is 1. The molecule has 1 saturated heterocycles. The molecule has 0 radical (unpaired) electrons. The van der Waals surface area contributed by atoms with Crippen LogP contribution >= 0.6 is 11.6 Å². The number of nitrogens with zero attached hydrogens (tertiary/aromatic N) is 7. The highest BCUT2D eigenvalue weighted by Crippen LogP contribution is 2.51. The molecule has 218 valence electrons. The summed E-state index contributed by atoms with van der Waals surface area (Å²) in [6.45, 7) is 8.89. The van der Waals surface area contributed by atoms with Crippen molar-refractivity contribution in [1.29, 1.82) is 0 Å². The molecule has 1 spiro atoms. The Morgan fingerprint density at radius 2 is 1.60 bits per heavy atom. The average molecular weight is 583 g/mol.